The van der Waals surface area contributed by atoms with Crippen molar-refractivity contribution >= 4 is 18.1 Å². The lowest BCUT2D eigenvalue weighted by atomic mass is 9.87. The molecule has 1 saturated heterocycles. The molecule has 0 spiro atoms. The van der Waals surface area contributed by atoms with E-state index in [2.05, 4.69) is 11.4 Å². The molecule has 2 aliphatic rings. The average Bonchev–Trinajstić information content (AvgIpc) is 2.86. The highest BCUT2D eigenvalue weighted by molar-refractivity contribution is 5.87. The minimum absolute atomic E-state index is 0.0348. The summed E-state index contributed by atoms with van der Waals surface area (Å²) in [6.45, 7) is 5.97. The molecule has 2 aromatic rings. The quantitative estimate of drug-likeness (QED) is 0.680. The zero-order valence-corrected chi connectivity index (χ0v) is 21.2. The Labute approximate surface area is 212 Å². The van der Waals surface area contributed by atoms with Gasteiger partial charge in [0.15, 0.2) is 0 Å². The third-order valence-corrected chi connectivity index (χ3v) is 6.46. The van der Waals surface area contributed by atoms with Crippen molar-refractivity contribution in [2.24, 2.45) is 0 Å². The van der Waals surface area contributed by atoms with Crippen LogP contribution in [-0.4, -0.2) is 59.2 Å². The van der Waals surface area contributed by atoms with E-state index in [0.717, 1.165) is 30.4 Å². The number of nitrogens with one attached hydrogen (secondary N) is 1. The number of carbonyl (C=O) groups is 3. The number of nitrogens with zero attached hydrogens (tertiary/aromatic N) is 2. The Hall–Kier alpha value is -3.55. The number of rotatable bonds is 4. The van der Waals surface area contributed by atoms with Crippen LogP contribution in [0.15, 0.2) is 54.6 Å². The molecule has 1 heterocycles. The molecule has 0 radical (unpaired) electrons. The zero-order valence-electron chi connectivity index (χ0n) is 21.2. The monoisotopic (exact) mass is 493 g/mol. The van der Waals surface area contributed by atoms with Crippen molar-refractivity contribution in [1.29, 1.82) is 0 Å². The van der Waals surface area contributed by atoms with E-state index in [9.17, 15) is 14.4 Å². The first-order chi connectivity index (χ1) is 17.2. The average molecular weight is 494 g/mol. The van der Waals surface area contributed by atoms with E-state index >= 15 is 0 Å². The van der Waals surface area contributed by atoms with Crippen molar-refractivity contribution in [3.05, 3.63) is 71.3 Å². The summed E-state index contributed by atoms with van der Waals surface area (Å²) in [6, 6.07) is 16.5. The lowest BCUT2D eigenvalue weighted by Gasteiger charge is -2.41. The summed E-state index contributed by atoms with van der Waals surface area (Å²) in [5.41, 5.74) is 2.51. The summed E-state index contributed by atoms with van der Waals surface area (Å²) >= 11 is 0. The number of amides is 3. The first-order valence-electron chi connectivity index (χ1n) is 12.5. The van der Waals surface area contributed by atoms with Crippen LogP contribution in [0.2, 0.25) is 0 Å². The molecule has 4 rings (SSSR count). The molecule has 0 bridgehead atoms. The molecule has 1 aliphatic heterocycles. The largest absolute Gasteiger partial charge is 0.445 e. The van der Waals surface area contributed by atoms with Crippen LogP contribution in [-0.2, 0) is 27.3 Å². The molecule has 8 nitrogen and oxygen atoms in total. The van der Waals surface area contributed by atoms with Crippen LogP contribution >= 0.6 is 0 Å². The summed E-state index contributed by atoms with van der Waals surface area (Å²) in [4.78, 5) is 42.3. The Kier molecular flexibility index (Phi) is 7.82. The van der Waals surface area contributed by atoms with Gasteiger partial charge in [-0.15, -0.1) is 0 Å². The molecule has 1 fully saturated rings. The first-order valence-corrected chi connectivity index (χ1v) is 12.5. The Balaban J connectivity index is 1.48. The van der Waals surface area contributed by atoms with E-state index in [1.165, 1.54) is 15.4 Å². The van der Waals surface area contributed by atoms with Gasteiger partial charge in [-0.3, -0.25) is 9.69 Å². The molecule has 1 unspecified atom stereocenters. The maximum atomic E-state index is 13.6. The second-order valence-corrected chi connectivity index (χ2v) is 10.3. The maximum absolute atomic E-state index is 13.6. The molecular formula is C28H35N3O5. The lowest BCUT2D eigenvalue weighted by molar-refractivity contribution is -0.129. The maximum Gasteiger partial charge on any atom is 0.411 e. The van der Waals surface area contributed by atoms with Crippen LogP contribution in [0.4, 0.5) is 9.59 Å². The van der Waals surface area contributed by atoms with Crippen molar-refractivity contribution in [3.8, 4) is 0 Å². The molecule has 0 aromatic heterocycles. The third kappa shape index (κ3) is 6.36. The molecule has 36 heavy (non-hydrogen) atoms. The number of hydrogen-bond donors (Lipinski definition) is 1. The Bertz CT molecular complexity index is 1080. The molecular weight excluding hydrogens is 458 g/mol. The normalized spacial score (nSPS) is 19.8. The van der Waals surface area contributed by atoms with Crippen molar-refractivity contribution < 1.29 is 23.9 Å². The second-order valence-electron chi connectivity index (χ2n) is 10.3. The Morgan fingerprint density at radius 2 is 1.69 bits per heavy atom. The van der Waals surface area contributed by atoms with Crippen LogP contribution in [0.25, 0.3) is 0 Å². The van der Waals surface area contributed by atoms with E-state index in [-0.39, 0.29) is 38.2 Å². The van der Waals surface area contributed by atoms with Crippen molar-refractivity contribution in [1.82, 2.24) is 15.1 Å². The molecule has 192 valence electrons. The SMILES string of the molecule is CC(C)(C)OC(=O)N1CCN(C(=O)OCc2ccccc2)C[C@H]1C(=O)NC1CCCc2ccccc21. The van der Waals surface area contributed by atoms with Crippen LogP contribution < -0.4 is 5.32 Å². The van der Waals surface area contributed by atoms with Gasteiger partial charge in [0.25, 0.3) is 0 Å². The van der Waals surface area contributed by atoms with Gasteiger partial charge >= 0.3 is 12.2 Å². The topological polar surface area (TPSA) is 88.2 Å². The van der Waals surface area contributed by atoms with E-state index in [4.69, 9.17) is 9.47 Å². The van der Waals surface area contributed by atoms with Crippen molar-refractivity contribution in [2.75, 3.05) is 19.6 Å². The first kappa shape index (κ1) is 25.5. The number of hydrogen-bond acceptors (Lipinski definition) is 5. The Morgan fingerprint density at radius 1 is 0.972 bits per heavy atom. The molecule has 2 atom stereocenters. The van der Waals surface area contributed by atoms with Gasteiger partial charge in [-0.1, -0.05) is 54.6 Å². The van der Waals surface area contributed by atoms with Gasteiger partial charge in [0, 0.05) is 13.1 Å². The van der Waals surface area contributed by atoms with Gasteiger partial charge in [0.2, 0.25) is 5.91 Å². The second kappa shape index (κ2) is 11.0. The zero-order chi connectivity index (χ0) is 25.7. The van der Waals surface area contributed by atoms with Crippen LogP contribution in [0, 0.1) is 0 Å². The fourth-order valence-corrected chi connectivity index (χ4v) is 4.69. The summed E-state index contributed by atoms with van der Waals surface area (Å²) < 4.78 is 11.1. The predicted molar refractivity (Wildman–Crippen MR) is 135 cm³/mol. The number of piperazine rings is 1. The van der Waals surface area contributed by atoms with Crippen molar-refractivity contribution in [3.63, 3.8) is 0 Å². The summed E-state index contributed by atoms with van der Waals surface area (Å²) in [7, 11) is 0. The standard InChI is InChI=1S/C28H35N3O5/c1-28(2,3)36-27(34)31-17-16-30(26(33)35-19-20-10-5-4-6-11-20)18-24(31)25(32)29-23-15-9-13-21-12-7-8-14-22(21)23/h4-8,10-12,14,23-24H,9,13,15-19H2,1-3H3,(H,29,32)/t23?,24-/m0/s1. The number of aryl methyl sites for hydroxylation is 1. The highest BCUT2D eigenvalue weighted by atomic mass is 16.6. The third-order valence-electron chi connectivity index (χ3n) is 6.46. The highest BCUT2D eigenvalue weighted by Gasteiger charge is 2.40. The molecule has 1 N–H and O–H groups in total. The van der Waals surface area contributed by atoms with Crippen LogP contribution in [0.3, 0.4) is 0 Å². The number of ether oxygens (including phenoxy) is 2. The highest BCUT2D eigenvalue weighted by Crippen LogP contribution is 2.30. The summed E-state index contributed by atoms with van der Waals surface area (Å²) in [5.74, 6) is -0.303. The molecule has 3 amide bonds. The predicted octanol–water partition coefficient (Wildman–Crippen LogP) is 4.44. The van der Waals surface area contributed by atoms with E-state index < -0.39 is 23.8 Å². The smallest absolute Gasteiger partial charge is 0.411 e. The fourth-order valence-electron chi connectivity index (χ4n) is 4.69. The number of carbonyl (C=O) groups excluding carboxylic acids is 3. The summed E-state index contributed by atoms with van der Waals surface area (Å²) in [5, 5.41) is 3.14. The van der Waals surface area contributed by atoms with Gasteiger partial charge in [-0.25, -0.2) is 9.59 Å². The fraction of sp³-hybridized carbons (Fsp3) is 0.464. The molecule has 0 saturated carbocycles. The molecule has 2 aromatic carbocycles. The van der Waals surface area contributed by atoms with Crippen molar-refractivity contribution in [2.45, 2.75) is 64.3 Å². The minimum Gasteiger partial charge on any atom is -0.445 e. The summed E-state index contributed by atoms with van der Waals surface area (Å²) in [6.07, 6.45) is 1.70. The molecule has 8 heteroatoms. The molecule has 1 aliphatic carbocycles. The van der Waals surface area contributed by atoms with Gasteiger partial charge in [0.05, 0.1) is 12.6 Å². The van der Waals surface area contributed by atoms with E-state index in [1.807, 2.05) is 48.5 Å². The lowest BCUT2D eigenvalue weighted by Crippen LogP contribution is -2.62. The van der Waals surface area contributed by atoms with Crippen LogP contribution in [0.5, 0.6) is 0 Å². The number of fused-ring (bicyclic) bond motifs is 1. The van der Waals surface area contributed by atoms with E-state index in [0.29, 0.717) is 0 Å². The minimum atomic E-state index is -0.882. The Morgan fingerprint density at radius 3 is 2.44 bits per heavy atom. The number of benzene rings is 2. The van der Waals surface area contributed by atoms with Gasteiger partial charge in [-0.2, -0.15) is 0 Å². The van der Waals surface area contributed by atoms with E-state index in [1.54, 1.807) is 20.8 Å². The van der Waals surface area contributed by atoms with Gasteiger partial charge in [0.1, 0.15) is 18.2 Å². The van der Waals surface area contributed by atoms with Gasteiger partial charge in [-0.05, 0) is 56.7 Å². The van der Waals surface area contributed by atoms with Gasteiger partial charge < -0.3 is 19.7 Å². The van der Waals surface area contributed by atoms with Crippen LogP contribution in [0.1, 0.15) is 56.3 Å².